The Hall–Kier alpha value is -2.61. The van der Waals surface area contributed by atoms with Crippen LogP contribution in [0.15, 0.2) is 65.5 Å². The third kappa shape index (κ3) is 3.58. The highest BCUT2D eigenvalue weighted by Crippen LogP contribution is 2.27. The summed E-state index contributed by atoms with van der Waals surface area (Å²) in [5, 5.41) is 0. The fourth-order valence-corrected chi connectivity index (χ4v) is 3.36. The van der Waals surface area contributed by atoms with Gasteiger partial charge in [-0.2, -0.15) is 0 Å². The Morgan fingerprint density at radius 1 is 0.680 bits per heavy atom. The summed E-state index contributed by atoms with van der Waals surface area (Å²) in [6, 6.07) is 20.4. The number of pyridine rings is 1. The first-order chi connectivity index (χ1) is 12.3. The lowest BCUT2D eigenvalue weighted by molar-refractivity contribution is 0.872. The van der Waals surface area contributed by atoms with E-state index in [1.165, 1.54) is 0 Å². The Balaban J connectivity index is 2.31. The molecule has 0 radical (unpaired) electrons. The zero-order valence-corrected chi connectivity index (χ0v) is 15.0. The lowest BCUT2D eigenvalue weighted by Crippen LogP contribution is -2.19. The van der Waals surface area contributed by atoms with Crippen LogP contribution in [0.1, 0.15) is 37.8 Å². The summed E-state index contributed by atoms with van der Waals surface area (Å²) < 4.78 is 0. The van der Waals surface area contributed by atoms with E-state index >= 15 is 0 Å². The van der Waals surface area contributed by atoms with Crippen LogP contribution in [-0.4, -0.2) is 4.98 Å². The van der Waals surface area contributed by atoms with Crippen molar-refractivity contribution in [3.8, 4) is 22.5 Å². The van der Waals surface area contributed by atoms with Gasteiger partial charge in [-0.25, -0.2) is 0 Å². The van der Waals surface area contributed by atoms with Crippen LogP contribution in [-0.2, 0) is 12.8 Å². The molecule has 2 aromatic carbocycles. The minimum Gasteiger partial charge on any atom is -0.354 e. The molecule has 3 rings (SSSR count). The average molecular weight is 331 g/mol. The molecule has 0 aliphatic rings. The predicted molar refractivity (Wildman–Crippen MR) is 106 cm³/mol. The number of hydrogen-bond acceptors (Lipinski definition) is 1. The molecule has 0 spiro atoms. The zero-order valence-electron chi connectivity index (χ0n) is 15.0. The minimum absolute atomic E-state index is 0.208. The van der Waals surface area contributed by atoms with E-state index in [2.05, 4.69) is 43.1 Å². The van der Waals surface area contributed by atoms with Crippen molar-refractivity contribution in [3.05, 3.63) is 82.0 Å². The molecule has 0 saturated heterocycles. The van der Waals surface area contributed by atoms with Crippen molar-refractivity contribution in [3.63, 3.8) is 0 Å². The highest BCUT2D eigenvalue weighted by atomic mass is 16.1. The van der Waals surface area contributed by atoms with Gasteiger partial charge in [0.1, 0.15) is 0 Å². The van der Waals surface area contributed by atoms with Crippen LogP contribution >= 0.6 is 0 Å². The number of nitrogens with one attached hydrogen (secondary N) is 1. The zero-order chi connectivity index (χ0) is 17.6. The molecule has 0 aliphatic heterocycles. The molecular formula is C23H25NO. The summed E-state index contributed by atoms with van der Waals surface area (Å²) in [4.78, 5) is 16.9. The summed E-state index contributed by atoms with van der Waals surface area (Å²) in [7, 11) is 0. The Bertz CT molecular complexity index is 808. The first-order valence-corrected chi connectivity index (χ1v) is 9.15. The van der Waals surface area contributed by atoms with E-state index in [1.807, 2.05) is 36.4 Å². The number of aromatic amines is 1. The topological polar surface area (TPSA) is 32.9 Å². The number of benzene rings is 2. The quantitative estimate of drug-likeness (QED) is 0.625. The largest absolute Gasteiger partial charge is 0.354 e. The van der Waals surface area contributed by atoms with Gasteiger partial charge in [0, 0.05) is 11.1 Å². The second-order valence-electron chi connectivity index (χ2n) is 6.39. The van der Waals surface area contributed by atoms with Crippen molar-refractivity contribution in [1.82, 2.24) is 4.98 Å². The molecular weight excluding hydrogens is 306 g/mol. The van der Waals surface area contributed by atoms with Crippen molar-refractivity contribution < 1.29 is 0 Å². The maximum Gasteiger partial charge on any atom is 0.189 e. The van der Waals surface area contributed by atoms with Crippen LogP contribution in [0.4, 0.5) is 0 Å². The highest BCUT2D eigenvalue weighted by Gasteiger charge is 2.17. The van der Waals surface area contributed by atoms with Crippen LogP contribution in [0, 0.1) is 0 Å². The SMILES string of the molecule is CCCc1c(-c2ccccc2)[nH]c(-c2ccccc2)c(CCC)c1=O. The van der Waals surface area contributed by atoms with Crippen molar-refractivity contribution in [1.29, 1.82) is 0 Å². The molecule has 0 bridgehead atoms. The molecule has 0 unspecified atom stereocenters. The molecule has 0 fully saturated rings. The van der Waals surface area contributed by atoms with Gasteiger partial charge in [-0.05, 0) is 24.0 Å². The van der Waals surface area contributed by atoms with Crippen LogP contribution in [0.2, 0.25) is 0 Å². The maximum absolute atomic E-state index is 13.3. The molecule has 1 N–H and O–H groups in total. The normalized spacial score (nSPS) is 10.8. The molecule has 1 heterocycles. The molecule has 3 aromatic rings. The highest BCUT2D eigenvalue weighted by molar-refractivity contribution is 5.71. The van der Waals surface area contributed by atoms with Crippen LogP contribution in [0.5, 0.6) is 0 Å². The smallest absolute Gasteiger partial charge is 0.189 e. The van der Waals surface area contributed by atoms with E-state index in [9.17, 15) is 4.79 Å². The van der Waals surface area contributed by atoms with E-state index < -0.39 is 0 Å². The van der Waals surface area contributed by atoms with Crippen molar-refractivity contribution in [2.45, 2.75) is 39.5 Å². The summed E-state index contributed by atoms with van der Waals surface area (Å²) in [6.07, 6.45) is 3.51. The van der Waals surface area contributed by atoms with E-state index in [0.29, 0.717) is 0 Å². The maximum atomic E-state index is 13.3. The summed E-state index contributed by atoms with van der Waals surface area (Å²) >= 11 is 0. The molecule has 2 nitrogen and oxygen atoms in total. The third-order valence-corrected chi connectivity index (χ3v) is 4.53. The molecule has 0 saturated carbocycles. The summed E-state index contributed by atoms with van der Waals surface area (Å²) in [5.41, 5.74) is 6.11. The molecule has 2 heteroatoms. The van der Waals surface area contributed by atoms with Crippen LogP contribution in [0.25, 0.3) is 22.5 Å². The van der Waals surface area contributed by atoms with E-state index in [-0.39, 0.29) is 5.43 Å². The Morgan fingerprint density at radius 3 is 1.44 bits per heavy atom. The molecule has 0 amide bonds. The summed E-state index contributed by atoms with van der Waals surface area (Å²) in [6.45, 7) is 4.25. The van der Waals surface area contributed by atoms with Gasteiger partial charge in [0.2, 0.25) is 0 Å². The van der Waals surface area contributed by atoms with E-state index in [1.54, 1.807) is 0 Å². The predicted octanol–water partition coefficient (Wildman–Crippen LogP) is 5.61. The average Bonchev–Trinajstić information content (AvgIpc) is 2.67. The lowest BCUT2D eigenvalue weighted by atomic mass is 9.94. The molecule has 0 atom stereocenters. The summed E-state index contributed by atoms with van der Waals surface area (Å²) in [5.74, 6) is 0. The number of aromatic nitrogens is 1. The minimum atomic E-state index is 0.208. The molecule has 0 aliphatic carbocycles. The second-order valence-corrected chi connectivity index (χ2v) is 6.39. The van der Waals surface area contributed by atoms with Crippen LogP contribution in [0.3, 0.4) is 0 Å². The van der Waals surface area contributed by atoms with Gasteiger partial charge in [-0.15, -0.1) is 0 Å². The van der Waals surface area contributed by atoms with Crippen molar-refractivity contribution >= 4 is 0 Å². The number of H-pyrrole nitrogens is 1. The Kier molecular flexibility index (Phi) is 5.49. The Morgan fingerprint density at radius 2 is 1.08 bits per heavy atom. The number of rotatable bonds is 6. The van der Waals surface area contributed by atoms with Gasteiger partial charge in [0.15, 0.2) is 5.43 Å². The van der Waals surface area contributed by atoms with Gasteiger partial charge < -0.3 is 4.98 Å². The van der Waals surface area contributed by atoms with Crippen molar-refractivity contribution in [2.75, 3.05) is 0 Å². The Labute approximate surface area is 149 Å². The lowest BCUT2D eigenvalue weighted by Gasteiger charge is -2.16. The van der Waals surface area contributed by atoms with E-state index in [4.69, 9.17) is 0 Å². The molecule has 25 heavy (non-hydrogen) atoms. The molecule has 1 aromatic heterocycles. The van der Waals surface area contributed by atoms with Gasteiger partial charge in [-0.3, -0.25) is 4.79 Å². The molecule has 128 valence electrons. The number of hydrogen-bond donors (Lipinski definition) is 1. The second kappa shape index (κ2) is 7.98. The standard InChI is InChI=1S/C23H25NO/c1-3-11-19-21(17-13-7-5-8-14-17)24-22(18-15-9-6-10-16-18)20(12-4-2)23(19)25/h5-10,13-16H,3-4,11-12H2,1-2H3,(H,24,25). The van der Waals surface area contributed by atoms with Gasteiger partial charge >= 0.3 is 0 Å². The van der Waals surface area contributed by atoms with Gasteiger partial charge in [0.05, 0.1) is 11.4 Å². The fourth-order valence-electron chi connectivity index (χ4n) is 3.36. The first kappa shape index (κ1) is 17.2. The van der Waals surface area contributed by atoms with E-state index in [0.717, 1.165) is 59.3 Å². The monoisotopic (exact) mass is 331 g/mol. The fraction of sp³-hybridized carbons (Fsp3) is 0.261. The van der Waals surface area contributed by atoms with Gasteiger partial charge in [-0.1, -0.05) is 87.4 Å². The first-order valence-electron chi connectivity index (χ1n) is 9.15. The van der Waals surface area contributed by atoms with Crippen LogP contribution < -0.4 is 5.43 Å². The third-order valence-electron chi connectivity index (χ3n) is 4.53. The van der Waals surface area contributed by atoms with Gasteiger partial charge in [0.25, 0.3) is 0 Å². The van der Waals surface area contributed by atoms with Crippen molar-refractivity contribution in [2.24, 2.45) is 0 Å².